The molecule has 0 aliphatic carbocycles. The van der Waals surface area contributed by atoms with Crippen molar-refractivity contribution < 1.29 is 5.11 Å². The number of nitrogens with zero attached hydrogens (tertiary/aromatic N) is 3. The van der Waals surface area contributed by atoms with Gasteiger partial charge in [-0.15, -0.1) is 0 Å². The summed E-state index contributed by atoms with van der Waals surface area (Å²) in [6, 6.07) is 0. The molecule has 0 saturated carbocycles. The molecule has 0 unspecified atom stereocenters. The zero-order valence-corrected chi connectivity index (χ0v) is 13.3. The molecule has 2 rings (SSSR count). The van der Waals surface area contributed by atoms with Crippen molar-refractivity contribution in [2.24, 2.45) is 0 Å². The molecule has 7 heteroatoms. The van der Waals surface area contributed by atoms with E-state index in [4.69, 9.17) is 0 Å². The summed E-state index contributed by atoms with van der Waals surface area (Å²) >= 11 is 0. The number of H-pyrrole nitrogens is 1. The summed E-state index contributed by atoms with van der Waals surface area (Å²) in [6.07, 6.45) is 2.67. The number of aromatic nitrogens is 4. The van der Waals surface area contributed by atoms with E-state index in [1.807, 2.05) is 13.8 Å². The third kappa shape index (κ3) is 3.24. The van der Waals surface area contributed by atoms with Crippen LogP contribution in [0.15, 0.2) is 6.20 Å². The van der Waals surface area contributed by atoms with Gasteiger partial charge in [0.25, 0.3) is 0 Å². The Balaban J connectivity index is 2.39. The van der Waals surface area contributed by atoms with Gasteiger partial charge in [0.1, 0.15) is 5.82 Å². The smallest absolute Gasteiger partial charge is 0.226 e. The highest BCUT2D eigenvalue weighted by Crippen LogP contribution is 2.28. The molecule has 0 aliphatic heterocycles. The van der Waals surface area contributed by atoms with Crippen LogP contribution in [0.3, 0.4) is 0 Å². The molecule has 4 N–H and O–H groups in total. The molecule has 0 aliphatic rings. The number of hydrogen-bond acceptors (Lipinski definition) is 6. The van der Waals surface area contributed by atoms with Crippen LogP contribution in [0.2, 0.25) is 0 Å². The fourth-order valence-corrected chi connectivity index (χ4v) is 1.69. The fraction of sp³-hybridized carbons (Fsp3) is 0.643. The number of fused-ring (bicyclic) bond motifs is 1. The number of aliphatic hydroxyl groups is 1. The van der Waals surface area contributed by atoms with Gasteiger partial charge < -0.3 is 15.7 Å². The van der Waals surface area contributed by atoms with Crippen LogP contribution < -0.4 is 10.6 Å². The predicted octanol–water partition coefficient (Wildman–Crippen LogP) is 2.14. The molecule has 2 aromatic rings. The monoisotopic (exact) mass is 292 g/mol. The third-order valence-electron chi connectivity index (χ3n) is 3.80. The van der Waals surface area contributed by atoms with Gasteiger partial charge >= 0.3 is 0 Å². The standard InChI is InChI=1S/C14H24N6O/c1-6-7-15-12-17-10(9-8-16-20-11(9)18-12)19-13(2,3)14(4,5)21/h8,21H,6-7H2,1-5H3,(H3,15,16,17,18,19,20). The van der Waals surface area contributed by atoms with E-state index in [0.717, 1.165) is 18.4 Å². The average Bonchev–Trinajstić information content (AvgIpc) is 2.83. The van der Waals surface area contributed by atoms with Crippen LogP contribution in [0.5, 0.6) is 0 Å². The van der Waals surface area contributed by atoms with Gasteiger partial charge in [0, 0.05) is 6.54 Å². The van der Waals surface area contributed by atoms with Crippen LogP contribution >= 0.6 is 0 Å². The minimum atomic E-state index is -0.912. The molecule has 0 amide bonds. The lowest BCUT2D eigenvalue weighted by Crippen LogP contribution is -2.51. The Labute approximate surface area is 124 Å². The van der Waals surface area contributed by atoms with Crippen molar-refractivity contribution in [1.29, 1.82) is 0 Å². The lowest BCUT2D eigenvalue weighted by atomic mass is 9.86. The minimum absolute atomic E-state index is 0.544. The molecular weight excluding hydrogens is 268 g/mol. The topological polar surface area (TPSA) is 98.8 Å². The van der Waals surface area contributed by atoms with Gasteiger partial charge in [0.2, 0.25) is 5.95 Å². The first-order valence-corrected chi connectivity index (χ1v) is 7.20. The Morgan fingerprint density at radius 2 is 1.95 bits per heavy atom. The maximum atomic E-state index is 10.3. The van der Waals surface area contributed by atoms with Gasteiger partial charge in [-0.05, 0) is 34.1 Å². The first-order chi connectivity index (χ1) is 9.74. The van der Waals surface area contributed by atoms with Crippen LogP contribution in [0.25, 0.3) is 11.0 Å². The molecule has 0 atom stereocenters. The van der Waals surface area contributed by atoms with E-state index in [0.29, 0.717) is 17.4 Å². The highest BCUT2D eigenvalue weighted by Gasteiger charge is 2.35. The van der Waals surface area contributed by atoms with Crippen molar-refractivity contribution in [3.05, 3.63) is 6.20 Å². The third-order valence-corrected chi connectivity index (χ3v) is 3.80. The van der Waals surface area contributed by atoms with Gasteiger partial charge in [0.15, 0.2) is 5.65 Å². The van der Waals surface area contributed by atoms with Crippen molar-refractivity contribution in [3.63, 3.8) is 0 Å². The Hall–Kier alpha value is -1.89. The number of rotatable bonds is 6. The molecule has 21 heavy (non-hydrogen) atoms. The average molecular weight is 292 g/mol. The van der Waals surface area contributed by atoms with Crippen LogP contribution in [0, 0.1) is 0 Å². The van der Waals surface area contributed by atoms with Crippen LogP contribution in [-0.4, -0.2) is 43.0 Å². The molecule has 0 aromatic carbocycles. The van der Waals surface area contributed by atoms with Gasteiger partial charge in [-0.3, -0.25) is 5.10 Å². The molecule has 7 nitrogen and oxygen atoms in total. The molecule has 0 bridgehead atoms. The maximum absolute atomic E-state index is 10.3. The Kier molecular flexibility index (Phi) is 4.04. The summed E-state index contributed by atoms with van der Waals surface area (Å²) in [5, 5.41) is 24.4. The Bertz CT molecular complexity index is 613. The number of hydrogen-bond donors (Lipinski definition) is 4. The van der Waals surface area contributed by atoms with Crippen LogP contribution in [0.1, 0.15) is 41.0 Å². The minimum Gasteiger partial charge on any atom is -0.388 e. The summed E-state index contributed by atoms with van der Waals surface area (Å²) in [4.78, 5) is 8.89. The van der Waals surface area contributed by atoms with Crippen molar-refractivity contribution in [3.8, 4) is 0 Å². The van der Waals surface area contributed by atoms with E-state index in [1.165, 1.54) is 0 Å². The zero-order valence-electron chi connectivity index (χ0n) is 13.3. The van der Waals surface area contributed by atoms with Gasteiger partial charge in [-0.1, -0.05) is 6.92 Å². The first kappa shape index (κ1) is 15.5. The summed E-state index contributed by atoms with van der Waals surface area (Å²) in [5.41, 5.74) is -0.809. The summed E-state index contributed by atoms with van der Waals surface area (Å²) in [7, 11) is 0. The predicted molar refractivity (Wildman–Crippen MR) is 84.5 cm³/mol. The summed E-state index contributed by atoms with van der Waals surface area (Å²) in [5.74, 6) is 1.20. The van der Waals surface area contributed by atoms with Gasteiger partial charge in [-0.25, -0.2) is 0 Å². The van der Waals surface area contributed by atoms with E-state index < -0.39 is 11.1 Å². The zero-order chi connectivity index (χ0) is 15.7. The SMILES string of the molecule is CCCNc1nc(NC(C)(C)C(C)(C)O)c2cn[nH]c2n1. The first-order valence-electron chi connectivity index (χ1n) is 7.20. The highest BCUT2D eigenvalue weighted by atomic mass is 16.3. The van der Waals surface area contributed by atoms with Crippen molar-refractivity contribution in [1.82, 2.24) is 20.2 Å². The van der Waals surface area contributed by atoms with Crippen LogP contribution in [-0.2, 0) is 0 Å². The molecule has 0 spiro atoms. The maximum Gasteiger partial charge on any atom is 0.226 e. The molecule has 2 aromatic heterocycles. The molecule has 0 saturated heterocycles. The normalized spacial score (nSPS) is 12.7. The Morgan fingerprint density at radius 3 is 2.57 bits per heavy atom. The summed E-state index contributed by atoms with van der Waals surface area (Å²) in [6.45, 7) is 10.3. The van der Waals surface area contributed by atoms with Crippen molar-refractivity contribution in [2.45, 2.75) is 52.2 Å². The fourth-order valence-electron chi connectivity index (χ4n) is 1.69. The van der Waals surface area contributed by atoms with Crippen molar-refractivity contribution in [2.75, 3.05) is 17.2 Å². The van der Waals surface area contributed by atoms with E-state index in [1.54, 1.807) is 20.0 Å². The lowest BCUT2D eigenvalue weighted by Gasteiger charge is -2.38. The number of aromatic amines is 1. The number of anilines is 2. The summed E-state index contributed by atoms with van der Waals surface area (Å²) < 4.78 is 0. The second-order valence-electron chi connectivity index (χ2n) is 6.26. The quantitative estimate of drug-likeness (QED) is 0.651. The largest absolute Gasteiger partial charge is 0.388 e. The van der Waals surface area contributed by atoms with Crippen LogP contribution in [0.4, 0.5) is 11.8 Å². The van der Waals surface area contributed by atoms with Crippen molar-refractivity contribution >= 4 is 22.8 Å². The van der Waals surface area contributed by atoms with E-state index in [9.17, 15) is 5.11 Å². The second kappa shape index (κ2) is 5.48. The van der Waals surface area contributed by atoms with E-state index >= 15 is 0 Å². The molecule has 0 radical (unpaired) electrons. The van der Waals surface area contributed by atoms with Gasteiger partial charge in [-0.2, -0.15) is 15.1 Å². The molecule has 2 heterocycles. The highest BCUT2D eigenvalue weighted by molar-refractivity contribution is 5.87. The van der Waals surface area contributed by atoms with Gasteiger partial charge in [0.05, 0.1) is 22.7 Å². The number of nitrogens with one attached hydrogen (secondary N) is 3. The molecule has 0 fully saturated rings. The van der Waals surface area contributed by atoms with E-state index in [2.05, 4.69) is 37.7 Å². The molecular formula is C14H24N6O. The molecule has 116 valence electrons. The Morgan fingerprint density at radius 1 is 1.24 bits per heavy atom. The lowest BCUT2D eigenvalue weighted by molar-refractivity contribution is 0.0239. The van der Waals surface area contributed by atoms with E-state index in [-0.39, 0.29) is 0 Å². The second-order valence-corrected chi connectivity index (χ2v) is 6.26.